The van der Waals surface area contributed by atoms with Crippen molar-refractivity contribution in [2.45, 2.75) is 19.6 Å². The zero-order valence-electron chi connectivity index (χ0n) is 11.4. The van der Waals surface area contributed by atoms with Crippen molar-refractivity contribution < 1.29 is 23.8 Å². The van der Waals surface area contributed by atoms with Gasteiger partial charge in [-0.1, -0.05) is 12.1 Å². The summed E-state index contributed by atoms with van der Waals surface area (Å²) < 4.78 is 10.5. The number of amides is 1. The number of carbonyl (C=O) groups excluding carboxylic acids is 1. The average Bonchev–Trinajstić information content (AvgIpc) is 2.98. The molecule has 0 radical (unpaired) electrons. The zero-order valence-corrected chi connectivity index (χ0v) is 11.4. The van der Waals surface area contributed by atoms with Crippen molar-refractivity contribution in [3.63, 3.8) is 0 Å². The maximum Gasteiger partial charge on any atom is 0.339 e. The normalized spacial score (nSPS) is 11.7. The van der Waals surface area contributed by atoms with Gasteiger partial charge in [0.05, 0.1) is 12.8 Å². The molecule has 0 bridgehead atoms. The van der Waals surface area contributed by atoms with Crippen molar-refractivity contribution in [2.24, 2.45) is 0 Å². The Bertz CT molecular complexity index is 621. The summed E-state index contributed by atoms with van der Waals surface area (Å²) in [6.07, 6.45) is 0.699. The minimum Gasteiger partial charge on any atom is -0.480 e. The highest BCUT2D eigenvalue weighted by Crippen LogP contribution is 2.19. The molecule has 2 aromatic rings. The van der Waals surface area contributed by atoms with Crippen LogP contribution in [0, 0.1) is 0 Å². The van der Waals surface area contributed by atoms with Crippen molar-refractivity contribution >= 4 is 11.9 Å². The van der Waals surface area contributed by atoms with E-state index in [2.05, 4.69) is 5.32 Å². The minimum absolute atomic E-state index is 0.0168. The summed E-state index contributed by atoms with van der Waals surface area (Å²) in [5.41, 5.74) is 0.0168. The number of para-hydroxylation sites is 1. The molecule has 0 aliphatic carbocycles. The molecule has 6 heteroatoms. The lowest BCUT2D eigenvalue weighted by molar-refractivity contribution is -0.127. The van der Waals surface area contributed by atoms with Gasteiger partial charge in [0.1, 0.15) is 17.1 Å². The summed E-state index contributed by atoms with van der Waals surface area (Å²) in [7, 11) is 0. The molecule has 6 nitrogen and oxygen atoms in total. The van der Waals surface area contributed by atoms with Crippen LogP contribution in [0.2, 0.25) is 0 Å². The maximum atomic E-state index is 11.9. The predicted molar refractivity (Wildman–Crippen MR) is 74.0 cm³/mol. The first-order valence-electron chi connectivity index (χ1n) is 6.37. The van der Waals surface area contributed by atoms with Crippen LogP contribution in [0.25, 0.3) is 0 Å². The summed E-state index contributed by atoms with van der Waals surface area (Å²) in [6, 6.07) is 9.65. The number of carbonyl (C=O) groups is 2. The number of benzene rings is 1. The largest absolute Gasteiger partial charge is 0.480 e. The van der Waals surface area contributed by atoms with E-state index >= 15 is 0 Å². The van der Waals surface area contributed by atoms with E-state index in [1.54, 1.807) is 31.2 Å². The molecule has 1 aromatic carbocycles. The Kier molecular flexibility index (Phi) is 4.61. The fraction of sp³-hybridized carbons (Fsp3) is 0.200. The van der Waals surface area contributed by atoms with Crippen LogP contribution in [0.3, 0.4) is 0 Å². The molecule has 1 aromatic heterocycles. The van der Waals surface area contributed by atoms with E-state index in [9.17, 15) is 9.59 Å². The van der Waals surface area contributed by atoms with Crippen LogP contribution < -0.4 is 10.1 Å². The highest BCUT2D eigenvalue weighted by Gasteiger charge is 2.18. The molecule has 1 heterocycles. The van der Waals surface area contributed by atoms with E-state index < -0.39 is 12.1 Å². The Morgan fingerprint density at radius 1 is 1.29 bits per heavy atom. The molecule has 2 N–H and O–H groups in total. The first-order valence-corrected chi connectivity index (χ1v) is 6.37. The second-order valence-corrected chi connectivity index (χ2v) is 4.36. The minimum atomic E-state index is -1.10. The van der Waals surface area contributed by atoms with Crippen LogP contribution in [-0.4, -0.2) is 23.1 Å². The van der Waals surface area contributed by atoms with E-state index in [1.165, 1.54) is 18.4 Å². The highest BCUT2D eigenvalue weighted by molar-refractivity contribution is 5.91. The van der Waals surface area contributed by atoms with Gasteiger partial charge in [-0.2, -0.15) is 0 Å². The monoisotopic (exact) mass is 289 g/mol. The molecule has 0 saturated carbocycles. The van der Waals surface area contributed by atoms with Crippen molar-refractivity contribution in [2.75, 3.05) is 0 Å². The molecule has 0 fully saturated rings. The molecule has 0 aliphatic heterocycles. The number of carboxylic acid groups (broad SMARTS) is 1. The summed E-state index contributed by atoms with van der Waals surface area (Å²) in [4.78, 5) is 23.0. The van der Waals surface area contributed by atoms with Crippen molar-refractivity contribution in [1.82, 2.24) is 5.32 Å². The van der Waals surface area contributed by atoms with E-state index in [0.717, 1.165) is 0 Å². The van der Waals surface area contributed by atoms with Crippen LogP contribution >= 0.6 is 0 Å². The summed E-state index contributed by atoms with van der Waals surface area (Å²) in [5.74, 6) is -0.674. The maximum absolute atomic E-state index is 11.9. The molecule has 2 rings (SSSR count). The first-order chi connectivity index (χ1) is 10.1. The first kappa shape index (κ1) is 14.6. The number of furan rings is 1. The number of hydrogen-bond acceptors (Lipinski definition) is 4. The third kappa shape index (κ3) is 3.85. The fourth-order valence-corrected chi connectivity index (χ4v) is 1.72. The van der Waals surface area contributed by atoms with Crippen molar-refractivity contribution in [3.8, 4) is 5.75 Å². The molecule has 1 amide bonds. The van der Waals surface area contributed by atoms with Crippen LogP contribution in [0.5, 0.6) is 5.75 Å². The second-order valence-electron chi connectivity index (χ2n) is 4.36. The smallest absolute Gasteiger partial charge is 0.339 e. The molecule has 21 heavy (non-hydrogen) atoms. The van der Waals surface area contributed by atoms with Gasteiger partial charge in [0.15, 0.2) is 6.10 Å². The summed E-state index contributed by atoms with van der Waals surface area (Å²) >= 11 is 0. The van der Waals surface area contributed by atoms with Gasteiger partial charge in [-0.25, -0.2) is 4.79 Å². The molecular weight excluding hydrogens is 274 g/mol. The van der Waals surface area contributed by atoms with E-state index in [4.69, 9.17) is 14.3 Å². The molecule has 1 atom stereocenters. The Labute approximate surface area is 121 Å². The van der Waals surface area contributed by atoms with Gasteiger partial charge in [0.25, 0.3) is 5.91 Å². The third-order valence-corrected chi connectivity index (χ3v) is 2.81. The number of nitrogens with one attached hydrogen (secondary N) is 1. The van der Waals surface area contributed by atoms with Gasteiger partial charge >= 0.3 is 5.97 Å². The van der Waals surface area contributed by atoms with E-state index in [-0.39, 0.29) is 23.8 Å². The number of aromatic carboxylic acids is 1. The molecule has 0 spiro atoms. The highest BCUT2D eigenvalue weighted by atomic mass is 16.5. The number of hydrogen-bond donors (Lipinski definition) is 2. The Balaban J connectivity index is 1.96. The Hall–Kier alpha value is -2.76. The topological polar surface area (TPSA) is 88.8 Å². The number of rotatable bonds is 6. The van der Waals surface area contributed by atoms with Gasteiger partial charge in [-0.15, -0.1) is 0 Å². The van der Waals surface area contributed by atoms with Gasteiger partial charge < -0.3 is 19.6 Å². The Morgan fingerprint density at radius 3 is 2.71 bits per heavy atom. The van der Waals surface area contributed by atoms with Crippen LogP contribution in [0.4, 0.5) is 0 Å². The van der Waals surface area contributed by atoms with E-state index in [1.807, 2.05) is 0 Å². The van der Waals surface area contributed by atoms with Gasteiger partial charge in [0.2, 0.25) is 0 Å². The molecule has 1 unspecified atom stereocenters. The Morgan fingerprint density at radius 2 is 2.05 bits per heavy atom. The zero-order chi connectivity index (χ0) is 15.2. The SMILES string of the molecule is CC(Oc1ccccc1C(=O)O)C(=O)NCc1ccco1. The van der Waals surface area contributed by atoms with Gasteiger partial charge in [0, 0.05) is 0 Å². The molecule has 110 valence electrons. The predicted octanol–water partition coefficient (Wildman–Crippen LogP) is 2.06. The molecule has 0 saturated heterocycles. The summed E-state index contributed by atoms with van der Waals surface area (Å²) in [6.45, 7) is 1.80. The van der Waals surface area contributed by atoms with Crippen LogP contribution in [0.1, 0.15) is 23.0 Å². The molecular formula is C15H15NO5. The van der Waals surface area contributed by atoms with Crippen LogP contribution in [-0.2, 0) is 11.3 Å². The van der Waals surface area contributed by atoms with Gasteiger partial charge in [-0.3, -0.25) is 4.79 Å². The van der Waals surface area contributed by atoms with E-state index in [0.29, 0.717) is 5.76 Å². The molecule has 0 aliphatic rings. The quantitative estimate of drug-likeness (QED) is 0.849. The van der Waals surface area contributed by atoms with Crippen LogP contribution in [0.15, 0.2) is 47.1 Å². The third-order valence-electron chi connectivity index (χ3n) is 2.81. The van der Waals surface area contributed by atoms with Crippen molar-refractivity contribution in [1.29, 1.82) is 0 Å². The number of carboxylic acids is 1. The van der Waals surface area contributed by atoms with Crippen molar-refractivity contribution in [3.05, 3.63) is 54.0 Å². The number of ether oxygens (including phenoxy) is 1. The standard InChI is InChI=1S/C15H15NO5/c1-10(14(17)16-9-11-5-4-8-20-11)21-13-7-3-2-6-12(13)15(18)19/h2-8,10H,9H2,1H3,(H,16,17)(H,18,19). The lowest BCUT2D eigenvalue weighted by atomic mass is 10.2. The second kappa shape index (κ2) is 6.60. The average molecular weight is 289 g/mol. The van der Waals surface area contributed by atoms with Gasteiger partial charge in [-0.05, 0) is 31.2 Å². The lowest BCUT2D eigenvalue weighted by Crippen LogP contribution is -2.36. The lowest BCUT2D eigenvalue weighted by Gasteiger charge is -2.15. The fourth-order valence-electron chi connectivity index (χ4n) is 1.72. The summed E-state index contributed by atoms with van der Waals surface area (Å²) in [5, 5.41) is 11.7.